The van der Waals surface area contributed by atoms with Crippen LogP contribution in [0.2, 0.25) is 0 Å². The molecule has 1 saturated carbocycles. The molecule has 2 aromatic carbocycles. The molecular formula is C22H24O4. The fourth-order valence-electron chi connectivity index (χ4n) is 3.30. The van der Waals surface area contributed by atoms with E-state index in [1.165, 1.54) is 0 Å². The molecule has 4 nitrogen and oxygen atoms in total. The minimum atomic E-state index is -0.123. The highest BCUT2D eigenvalue weighted by Gasteiger charge is 2.24. The molecule has 1 aliphatic carbocycles. The van der Waals surface area contributed by atoms with E-state index < -0.39 is 0 Å². The summed E-state index contributed by atoms with van der Waals surface area (Å²) in [6.07, 6.45) is 5.29. The van der Waals surface area contributed by atoms with Crippen molar-refractivity contribution in [2.45, 2.75) is 44.8 Å². The highest BCUT2D eigenvalue weighted by molar-refractivity contribution is 5.74. The fourth-order valence-corrected chi connectivity index (χ4v) is 3.30. The highest BCUT2D eigenvalue weighted by atomic mass is 16.5. The second kappa shape index (κ2) is 9.18. The Labute approximate surface area is 154 Å². The average molecular weight is 352 g/mol. The zero-order valence-electron chi connectivity index (χ0n) is 14.8. The number of carbonyl (C=O) groups is 2. The topological polar surface area (TPSA) is 52.6 Å². The zero-order chi connectivity index (χ0) is 18.2. The Bertz CT molecular complexity index is 701. The van der Waals surface area contributed by atoms with Crippen molar-refractivity contribution in [1.29, 1.82) is 0 Å². The molecule has 26 heavy (non-hydrogen) atoms. The summed E-state index contributed by atoms with van der Waals surface area (Å²) in [6, 6.07) is 16.9. The second-order valence-electron chi connectivity index (χ2n) is 6.80. The zero-order valence-corrected chi connectivity index (χ0v) is 14.8. The monoisotopic (exact) mass is 352 g/mol. The van der Waals surface area contributed by atoms with E-state index in [4.69, 9.17) is 9.47 Å². The van der Waals surface area contributed by atoms with Crippen LogP contribution < -0.4 is 4.74 Å². The summed E-state index contributed by atoms with van der Waals surface area (Å²) in [6.45, 7) is 0.342. The van der Waals surface area contributed by atoms with Crippen molar-refractivity contribution in [1.82, 2.24) is 0 Å². The van der Waals surface area contributed by atoms with Gasteiger partial charge in [0.25, 0.3) is 0 Å². The maximum Gasteiger partial charge on any atom is 0.306 e. The first-order valence-electron chi connectivity index (χ1n) is 9.14. The van der Waals surface area contributed by atoms with Gasteiger partial charge in [0, 0.05) is 12.0 Å². The lowest BCUT2D eigenvalue weighted by molar-refractivity contribution is -0.146. The van der Waals surface area contributed by atoms with Gasteiger partial charge in [0.05, 0.1) is 6.10 Å². The van der Waals surface area contributed by atoms with Crippen molar-refractivity contribution >= 4 is 12.3 Å². The Kier molecular flexibility index (Phi) is 6.42. The molecule has 0 saturated heterocycles. The van der Waals surface area contributed by atoms with Gasteiger partial charge in [0.2, 0.25) is 0 Å². The summed E-state index contributed by atoms with van der Waals surface area (Å²) >= 11 is 0. The van der Waals surface area contributed by atoms with Crippen molar-refractivity contribution in [2.75, 3.05) is 0 Å². The summed E-state index contributed by atoms with van der Waals surface area (Å²) in [4.78, 5) is 22.7. The molecule has 0 spiro atoms. The molecule has 0 atom stereocenters. The number of esters is 1. The van der Waals surface area contributed by atoms with Crippen LogP contribution in [0.15, 0.2) is 54.6 Å². The van der Waals surface area contributed by atoms with Gasteiger partial charge in [-0.2, -0.15) is 0 Å². The van der Waals surface area contributed by atoms with Gasteiger partial charge in [0.1, 0.15) is 18.6 Å². The van der Waals surface area contributed by atoms with Crippen LogP contribution in [0.1, 0.15) is 48.0 Å². The van der Waals surface area contributed by atoms with Crippen LogP contribution >= 0.6 is 0 Å². The lowest BCUT2D eigenvalue weighted by atomic mass is 9.85. The molecule has 0 radical (unpaired) electrons. The summed E-state index contributed by atoms with van der Waals surface area (Å²) in [7, 11) is 0. The molecule has 0 unspecified atom stereocenters. The van der Waals surface area contributed by atoms with Gasteiger partial charge >= 0.3 is 5.97 Å². The van der Waals surface area contributed by atoms with Crippen LogP contribution in [-0.4, -0.2) is 18.4 Å². The number of hydrogen-bond donors (Lipinski definition) is 0. The number of aldehydes is 1. The fraction of sp³-hybridized carbons (Fsp3) is 0.364. The summed E-state index contributed by atoms with van der Waals surface area (Å²) in [5, 5.41) is 0. The van der Waals surface area contributed by atoms with Crippen LogP contribution in [0.5, 0.6) is 5.75 Å². The van der Waals surface area contributed by atoms with Crippen molar-refractivity contribution in [2.24, 2.45) is 5.92 Å². The molecular weight excluding hydrogens is 328 g/mol. The van der Waals surface area contributed by atoms with Crippen LogP contribution in [-0.2, 0) is 16.1 Å². The van der Waals surface area contributed by atoms with Crippen LogP contribution in [0.3, 0.4) is 0 Å². The lowest BCUT2D eigenvalue weighted by Crippen LogP contribution is -2.25. The SMILES string of the molecule is O=Cc1ccc(O[C@H]2CC[C@H](CC(=O)OCc3ccccc3)CC2)cc1. The molecule has 3 rings (SSSR count). The van der Waals surface area contributed by atoms with Crippen molar-refractivity contribution in [3.63, 3.8) is 0 Å². The van der Waals surface area contributed by atoms with E-state index in [-0.39, 0.29) is 12.1 Å². The first-order valence-corrected chi connectivity index (χ1v) is 9.14. The van der Waals surface area contributed by atoms with Gasteiger partial charge in [-0.25, -0.2) is 0 Å². The molecule has 4 heteroatoms. The van der Waals surface area contributed by atoms with E-state index in [9.17, 15) is 9.59 Å². The molecule has 0 amide bonds. The molecule has 1 fully saturated rings. The van der Waals surface area contributed by atoms with Gasteiger partial charge in [-0.1, -0.05) is 30.3 Å². The Morgan fingerprint density at radius 2 is 1.65 bits per heavy atom. The van der Waals surface area contributed by atoms with E-state index in [1.54, 1.807) is 12.1 Å². The van der Waals surface area contributed by atoms with Gasteiger partial charge in [-0.3, -0.25) is 9.59 Å². The molecule has 0 aliphatic heterocycles. The van der Waals surface area contributed by atoms with Crippen LogP contribution in [0.25, 0.3) is 0 Å². The van der Waals surface area contributed by atoms with Crippen LogP contribution in [0.4, 0.5) is 0 Å². The third-order valence-corrected chi connectivity index (χ3v) is 4.81. The average Bonchev–Trinajstić information content (AvgIpc) is 2.69. The molecule has 0 N–H and O–H groups in total. The Balaban J connectivity index is 1.37. The predicted octanol–water partition coefficient (Wildman–Crippen LogP) is 4.57. The summed E-state index contributed by atoms with van der Waals surface area (Å²) in [5.41, 5.74) is 1.66. The second-order valence-corrected chi connectivity index (χ2v) is 6.80. The van der Waals surface area contributed by atoms with E-state index in [0.717, 1.165) is 43.3 Å². The molecule has 136 valence electrons. The Morgan fingerprint density at radius 3 is 2.31 bits per heavy atom. The van der Waals surface area contributed by atoms with Crippen LogP contribution in [0, 0.1) is 5.92 Å². The van der Waals surface area contributed by atoms with E-state index in [0.29, 0.717) is 24.5 Å². The molecule has 1 aliphatic rings. The number of hydrogen-bond acceptors (Lipinski definition) is 4. The van der Waals surface area contributed by atoms with Gasteiger partial charge in [0.15, 0.2) is 0 Å². The third kappa shape index (κ3) is 5.45. The third-order valence-electron chi connectivity index (χ3n) is 4.81. The number of carbonyl (C=O) groups excluding carboxylic acids is 2. The first-order chi connectivity index (χ1) is 12.7. The lowest BCUT2D eigenvalue weighted by Gasteiger charge is -2.28. The van der Waals surface area contributed by atoms with Crippen molar-refractivity contribution in [3.8, 4) is 5.75 Å². The van der Waals surface area contributed by atoms with E-state index in [2.05, 4.69) is 0 Å². The summed E-state index contributed by atoms with van der Waals surface area (Å²) < 4.78 is 11.4. The van der Waals surface area contributed by atoms with Crippen molar-refractivity contribution < 1.29 is 19.1 Å². The standard InChI is InChI=1S/C22H24O4/c23-15-18-8-12-21(13-9-18)26-20-10-6-17(7-11-20)14-22(24)25-16-19-4-2-1-3-5-19/h1-5,8-9,12-13,15,17,20H,6-7,10-11,14,16H2/t17-,20-. The minimum Gasteiger partial charge on any atom is -0.490 e. The molecule has 2 aromatic rings. The largest absolute Gasteiger partial charge is 0.490 e. The normalized spacial score (nSPS) is 19.5. The molecule has 0 heterocycles. The Hall–Kier alpha value is -2.62. The van der Waals surface area contributed by atoms with Gasteiger partial charge < -0.3 is 9.47 Å². The summed E-state index contributed by atoms with van der Waals surface area (Å²) in [5.74, 6) is 1.04. The highest BCUT2D eigenvalue weighted by Crippen LogP contribution is 2.30. The molecule has 0 bridgehead atoms. The smallest absolute Gasteiger partial charge is 0.306 e. The number of benzene rings is 2. The van der Waals surface area contributed by atoms with Gasteiger partial charge in [-0.05, 0) is 61.4 Å². The van der Waals surface area contributed by atoms with Gasteiger partial charge in [-0.15, -0.1) is 0 Å². The Morgan fingerprint density at radius 1 is 0.962 bits per heavy atom. The predicted molar refractivity (Wildman–Crippen MR) is 99.1 cm³/mol. The van der Waals surface area contributed by atoms with E-state index >= 15 is 0 Å². The number of rotatable bonds is 7. The quantitative estimate of drug-likeness (QED) is 0.541. The number of ether oxygens (including phenoxy) is 2. The van der Waals surface area contributed by atoms with Crippen molar-refractivity contribution in [3.05, 3.63) is 65.7 Å². The minimum absolute atomic E-state index is 0.123. The maximum absolute atomic E-state index is 12.0. The first kappa shape index (κ1) is 18.2. The molecule has 0 aromatic heterocycles. The van der Waals surface area contributed by atoms with E-state index in [1.807, 2.05) is 42.5 Å². The maximum atomic E-state index is 12.0.